The molecule has 196 valence electrons. The molecule has 0 aliphatic carbocycles. The number of carbonyl (C=O) groups excluding carboxylic acids is 3. The minimum atomic E-state index is -1.22. The summed E-state index contributed by atoms with van der Waals surface area (Å²) in [5, 5.41) is 17.0. The molecule has 0 spiro atoms. The van der Waals surface area contributed by atoms with Gasteiger partial charge in [0.15, 0.2) is 0 Å². The molecule has 4 unspecified atom stereocenters. The maximum atomic E-state index is 13.2. The summed E-state index contributed by atoms with van der Waals surface area (Å²) >= 11 is 5.44. The van der Waals surface area contributed by atoms with Crippen LogP contribution in [0.15, 0.2) is 30.3 Å². The van der Waals surface area contributed by atoms with E-state index in [1.165, 1.54) is 11.8 Å². The van der Waals surface area contributed by atoms with E-state index in [1.807, 2.05) is 36.6 Å². The average Bonchev–Trinajstić information content (AvgIpc) is 2.84. The first-order valence-corrected chi connectivity index (χ1v) is 13.5. The summed E-state index contributed by atoms with van der Waals surface area (Å²) in [6.45, 7) is 0.503. The Hall–Kier alpha value is -2.28. The predicted octanol–water partition coefficient (Wildman–Crippen LogP) is -0.0927. The molecule has 12 heteroatoms. The first-order valence-electron chi connectivity index (χ1n) is 11.5. The zero-order valence-corrected chi connectivity index (χ0v) is 21.7. The van der Waals surface area contributed by atoms with Crippen LogP contribution in [-0.4, -0.2) is 77.3 Å². The minimum Gasteiger partial charge on any atom is -0.480 e. The molecule has 35 heavy (non-hydrogen) atoms. The largest absolute Gasteiger partial charge is 0.480 e. The topological polar surface area (TPSA) is 177 Å². The van der Waals surface area contributed by atoms with Crippen molar-refractivity contribution in [3.8, 4) is 0 Å². The van der Waals surface area contributed by atoms with Crippen LogP contribution >= 0.6 is 24.4 Å². The van der Waals surface area contributed by atoms with Gasteiger partial charge < -0.3 is 32.5 Å². The predicted molar refractivity (Wildman–Crippen MR) is 141 cm³/mol. The first kappa shape index (κ1) is 30.8. The number of hydrogen-bond donors (Lipinski definition) is 7. The molecule has 10 nitrogen and oxygen atoms in total. The summed E-state index contributed by atoms with van der Waals surface area (Å²) < 4.78 is 0. The number of benzene rings is 1. The molecule has 0 aliphatic rings. The van der Waals surface area contributed by atoms with Gasteiger partial charge in [-0.2, -0.15) is 24.4 Å². The molecule has 1 aromatic carbocycles. The Labute approximate surface area is 216 Å². The number of thiol groups is 1. The fourth-order valence-corrected chi connectivity index (χ4v) is 3.93. The van der Waals surface area contributed by atoms with E-state index in [0.29, 0.717) is 25.1 Å². The third-order valence-corrected chi connectivity index (χ3v) is 6.27. The van der Waals surface area contributed by atoms with Gasteiger partial charge in [-0.25, -0.2) is 4.79 Å². The van der Waals surface area contributed by atoms with Crippen LogP contribution in [-0.2, 0) is 25.6 Å². The number of carboxylic acid groups (broad SMARTS) is 1. The van der Waals surface area contributed by atoms with E-state index in [-0.39, 0.29) is 18.6 Å². The van der Waals surface area contributed by atoms with Crippen molar-refractivity contribution in [3.63, 3.8) is 0 Å². The Morgan fingerprint density at radius 2 is 1.54 bits per heavy atom. The van der Waals surface area contributed by atoms with E-state index in [1.54, 1.807) is 0 Å². The number of unbranched alkanes of at least 4 members (excludes halogenated alkanes) is 1. The van der Waals surface area contributed by atoms with E-state index in [9.17, 15) is 24.3 Å². The smallest absolute Gasteiger partial charge is 0.327 e. The highest BCUT2D eigenvalue weighted by Gasteiger charge is 2.30. The number of carbonyl (C=O) groups is 4. The molecule has 0 aromatic heterocycles. The Balaban J connectivity index is 3.00. The lowest BCUT2D eigenvalue weighted by molar-refractivity contribution is -0.141. The molecule has 1 rings (SSSR count). The van der Waals surface area contributed by atoms with E-state index < -0.39 is 47.9 Å². The van der Waals surface area contributed by atoms with Crippen molar-refractivity contribution in [2.24, 2.45) is 11.5 Å². The van der Waals surface area contributed by atoms with Gasteiger partial charge in [0.1, 0.15) is 18.1 Å². The van der Waals surface area contributed by atoms with Crippen LogP contribution in [0.2, 0.25) is 0 Å². The average molecular weight is 528 g/mol. The van der Waals surface area contributed by atoms with Crippen molar-refractivity contribution in [3.05, 3.63) is 35.9 Å². The van der Waals surface area contributed by atoms with E-state index in [2.05, 4.69) is 28.6 Å². The molecule has 0 saturated carbocycles. The summed E-state index contributed by atoms with van der Waals surface area (Å²) in [5.41, 5.74) is 12.3. The quantitative estimate of drug-likeness (QED) is 0.109. The maximum Gasteiger partial charge on any atom is 0.327 e. The SMILES string of the molecule is CSCCC(NC(=O)C(Cc1ccccc1)NC(=O)C(N)CCCCN)C(=O)NC(CS)C(=O)O. The molecule has 0 saturated heterocycles. The summed E-state index contributed by atoms with van der Waals surface area (Å²) in [7, 11) is 0. The molecule has 0 bridgehead atoms. The van der Waals surface area contributed by atoms with Crippen molar-refractivity contribution >= 4 is 48.1 Å². The molecule has 3 amide bonds. The number of rotatable bonds is 17. The summed E-state index contributed by atoms with van der Waals surface area (Å²) in [5.74, 6) is -2.42. The zero-order valence-electron chi connectivity index (χ0n) is 19.9. The van der Waals surface area contributed by atoms with Crippen molar-refractivity contribution in [1.29, 1.82) is 0 Å². The number of amides is 3. The molecule has 4 atom stereocenters. The number of nitrogens with one attached hydrogen (secondary N) is 3. The highest BCUT2D eigenvalue weighted by atomic mass is 32.2. The lowest BCUT2D eigenvalue weighted by atomic mass is 10.0. The van der Waals surface area contributed by atoms with Gasteiger partial charge in [0, 0.05) is 12.2 Å². The van der Waals surface area contributed by atoms with Gasteiger partial charge in [0.2, 0.25) is 17.7 Å². The van der Waals surface area contributed by atoms with E-state index in [4.69, 9.17) is 11.5 Å². The molecule has 8 N–H and O–H groups in total. The van der Waals surface area contributed by atoms with Crippen LogP contribution in [0.3, 0.4) is 0 Å². The van der Waals surface area contributed by atoms with Crippen molar-refractivity contribution in [2.75, 3.05) is 24.3 Å². The molecule has 0 fully saturated rings. The fourth-order valence-electron chi connectivity index (χ4n) is 3.21. The van der Waals surface area contributed by atoms with Gasteiger partial charge in [0.05, 0.1) is 6.04 Å². The van der Waals surface area contributed by atoms with Gasteiger partial charge >= 0.3 is 5.97 Å². The van der Waals surface area contributed by atoms with Crippen LogP contribution in [0.1, 0.15) is 31.2 Å². The van der Waals surface area contributed by atoms with E-state index in [0.717, 1.165) is 12.0 Å². The molecular weight excluding hydrogens is 490 g/mol. The highest BCUT2D eigenvalue weighted by Crippen LogP contribution is 2.08. The van der Waals surface area contributed by atoms with Crippen molar-refractivity contribution < 1.29 is 24.3 Å². The van der Waals surface area contributed by atoms with Crippen LogP contribution < -0.4 is 27.4 Å². The van der Waals surface area contributed by atoms with Gasteiger partial charge in [-0.3, -0.25) is 14.4 Å². The third-order valence-electron chi connectivity index (χ3n) is 5.26. The lowest BCUT2D eigenvalue weighted by Crippen LogP contribution is -2.58. The normalized spacial score (nSPS) is 14.3. The molecule has 0 radical (unpaired) electrons. The summed E-state index contributed by atoms with van der Waals surface area (Å²) in [4.78, 5) is 50.0. The number of hydrogen-bond acceptors (Lipinski definition) is 8. The fraction of sp³-hybridized carbons (Fsp3) is 0.565. The summed E-state index contributed by atoms with van der Waals surface area (Å²) in [6.07, 6.45) is 4.19. The molecule has 0 aliphatic heterocycles. The van der Waals surface area contributed by atoms with Crippen LogP contribution in [0.4, 0.5) is 0 Å². The number of aliphatic carboxylic acids is 1. The Morgan fingerprint density at radius 3 is 2.11 bits per heavy atom. The molecule has 1 aromatic rings. The second-order valence-electron chi connectivity index (χ2n) is 8.07. The Bertz CT molecular complexity index is 815. The zero-order chi connectivity index (χ0) is 26.2. The minimum absolute atomic E-state index is 0.0982. The van der Waals surface area contributed by atoms with Gasteiger partial charge in [-0.15, -0.1) is 0 Å². The van der Waals surface area contributed by atoms with Crippen molar-refractivity contribution in [2.45, 2.75) is 56.3 Å². The number of carboxylic acids is 1. The third kappa shape index (κ3) is 11.8. The molecule has 0 heterocycles. The van der Waals surface area contributed by atoms with Crippen LogP contribution in [0, 0.1) is 0 Å². The Morgan fingerprint density at radius 1 is 0.943 bits per heavy atom. The van der Waals surface area contributed by atoms with Crippen molar-refractivity contribution in [1.82, 2.24) is 16.0 Å². The standard InChI is InChI=1S/C23H37N5O5S2/c1-35-12-10-17(21(30)28-19(14-34)23(32)33)26-22(31)18(13-15-7-3-2-4-8-15)27-20(29)16(25)9-5-6-11-24/h2-4,7-8,16-19,34H,5-6,9-14,24-25H2,1H3,(H,26,31)(H,27,29)(H,28,30)(H,32,33). The number of thioether (sulfide) groups is 1. The van der Waals surface area contributed by atoms with Gasteiger partial charge in [-0.05, 0) is 43.4 Å². The molecular formula is C23H37N5O5S2. The summed E-state index contributed by atoms with van der Waals surface area (Å²) in [6, 6.07) is 5.20. The number of nitrogens with two attached hydrogens (primary N) is 2. The lowest BCUT2D eigenvalue weighted by Gasteiger charge is -2.25. The maximum absolute atomic E-state index is 13.2. The van der Waals surface area contributed by atoms with Gasteiger partial charge in [-0.1, -0.05) is 36.8 Å². The second-order valence-corrected chi connectivity index (χ2v) is 9.42. The second kappa shape index (κ2) is 17.2. The monoisotopic (exact) mass is 527 g/mol. The van der Waals surface area contributed by atoms with E-state index >= 15 is 0 Å². The first-order chi connectivity index (χ1) is 16.7. The Kier molecular flexibility index (Phi) is 15.1. The highest BCUT2D eigenvalue weighted by molar-refractivity contribution is 7.98. The van der Waals surface area contributed by atoms with Gasteiger partial charge in [0.25, 0.3) is 0 Å². The van der Waals surface area contributed by atoms with Crippen LogP contribution in [0.25, 0.3) is 0 Å². The van der Waals surface area contributed by atoms with Crippen LogP contribution in [0.5, 0.6) is 0 Å².